The number of aromatic nitrogens is 3. The van der Waals surface area contributed by atoms with Crippen LogP contribution in [0.2, 0.25) is 0 Å². The van der Waals surface area contributed by atoms with Crippen LogP contribution in [0.1, 0.15) is 61.8 Å². The molecule has 4 rings (SSSR count). The van der Waals surface area contributed by atoms with Gasteiger partial charge in [0.05, 0.1) is 36.7 Å². The maximum Gasteiger partial charge on any atom is 0.321 e. The van der Waals surface area contributed by atoms with E-state index in [4.69, 9.17) is 14.0 Å². The van der Waals surface area contributed by atoms with E-state index < -0.39 is 28.1 Å². The van der Waals surface area contributed by atoms with Crippen LogP contribution in [0.15, 0.2) is 40.3 Å². The summed E-state index contributed by atoms with van der Waals surface area (Å²) in [6, 6.07) is 3.60. The Hall–Kier alpha value is -4.15. The molecule has 3 heterocycles. The third kappa shape index (κ3) is 9.05. The van der Waals surface area contributed by atoms with Crippen molar-refractivity contribution in [1.29, 1.82) is 0 Å². The largest absolute Gasteiger partial charge is 0.490 e. The van der Waals surface area contributed by atoms with Crippen LogP contribution in [0.4, 0.5) is 16.2 Å². The van der Waals surface area contributed by atoms with Gasteiger partial charge in [0, 0.05) is 51.6 Å². The van der Waals surface area contributed by atoms with E-state index in [-0.39, 0.29) is 54.0 Å². The summed E-state index contributed by atoms with van der Waals surface area (Å²) in [4.78, 5) is 34.5. The fourth-order valence-corrected chi connectivity index (χ4v) is 6.43. The normalized spacial score (nSPS) is 20.3. The lowest BCUT2D eigenvalue weighted by molar-refractivity contribution is -0.0115. The Morgan fingerprint density at radius 1 is 1.23 bits per heavy atom. The first-order chi connectivity index (χ1) is 22.7. The minimum Gasteiger partial charge on any atom is -0.490 e. The number of amides is 3. The first-order valence-electron chi connectivity index (χ1n) is 16.0. The first-order valence-corrected chi connectivity index (χ1v) is 17.5. The van der Waals surface area contributed by atoms with Crippen molar-refractivity contribution in [3.8, 4) is 5.75 Å². The third-order valence-corrected chi connectivity index (χ3v) is 9.59. The lowest BCUT2D eigenvalue weighted by atomic mass is 10.0. The molecule has 1 aliphatic heterocycles. The molecular weight excluding hydrogens is 642 g/mol. The Bertz CT molecular complexity index is 1650. The zero-order valence-electron chi connectivity index (χ0n) is 28.6. The van der Waals surface area contributed by atoms with Crippen LogP contribution in [0, 0.1) is 19.8 Å². The summed E-state index contributed by atoms with van der Waals surface area (Å²) in [5, 5.41) is 16.8. The lowest BCUT2D eigenvalue weighted by Gasteiger charge is -2.35. The number of benzene rings is 1. The molecule has 0 bridgehead atoms. The molecule has 16 heteroatoms. The van der Waals surface area contributed by atoms with E-state index in [1.165, 1.54) is 39.0 Å². The molecule has 1 aromatic carbocycles. The van der Waals surface area contributed by atoms with Crippen LogP contribution >= 0.6 is 0 Å². The van der Waals surface area contributed by atoms with Gasteiger partial charge in [-0.1, -0.05) is 12.1 Å². The summed E-state index contributed by atoms with van der Waals surface area (Å²) in [5.74, 6) is 0.0611. The molecule has 264 valence electrons. The van der Waals surface area contributed by atoms with Crippen molar-refractivity contribution in [2.75, 3.05) is 43.4 Å². The highest BCUT2D eigenvalue weighted by atomic mass is 32.2. The highest BCUT2D eigenvalue weighted by Gasteiger charge is 2.31. The Morgan fingerprint density at radius 3 is 2.62 bits per heavy atom. The van der Waals surface area contributed by atoms with E-state index >= 15 is 0 Å². The summed E-state index contributed by atoms with van der Waals surface area (Å²) in [5.41, 5.74) is 1.37. The summed E-state index contributed by atoms with van der Waals surface area (Å²) < 4.78 is 47.9. The van der Waals surface area contributed by atoms with Gasteiger partial charge in [-0.05, 0) is 65.2 Å². The van der Waals surface area contributed by atoms with Gasteiger partial charge in [-0.15, -0.1) is 0 Å². The van der Waals surface area contributed by atoms with Crippen LogP contribution in [-0.4, -0.2) is 102 Å². The molecule has 0 unspecified atom stereocenters. The van der Waals surface area contributed by atoms with Crippen molar-refractivity contribution in [3.05, 3.63) is 47.7 Å². The minimum absolute atomic E-state index is 0.140. The second kappa shape index (κ2) is 15.8. The zero-order chi connectivity index (χ0) is 35.2. The number of rotatable bonds is 8. The van der Waals surface area contributed by atoms with E-state index in [1.54, 1.807) is 40.9 Å². The molecular formula is C32H47N7O8S. The molecule has 15 nitrogen and oxygen atoms in total. The maximum atomic E-state index is 14.3. The second-order valence-corrected chi connectivity index (χ2v) is 14.1. The number of aliphatic hydroxyl groups is 1. The number of imidazole rings is 1. The molecule has 0 saturated carbocycles. The molecule has 1 aliphatic rings. The number of urea groups is 1. The standard InChI is InChI=1S/C32H47N7O8S/c1-20-15-39(21(2)18-40)31(41)26-14-25(36-48(43,44)29-17-37(6)19-33-29)11-12-27(26)46-22(3)10-8-9-13-45-28(20)16-38(7)32(42)34-30-23(4)35-47-24(30)5/h11-12,14,17,19-22,28,36,40H,8-10,13,15-16,18H2,1-7H3,(H,34,42)/t20-,21+,22+,28-/m1/s1. The number of hydrogen-bond acceptors (Lipinski definition) is 10. The van der Waals surface area contributed by atoms with Crippen LogP contribution < -0.4 is 14.8 Å². The molecule has 3 N–H and O–H groups in total. The predicted molar refractivity (Wildman–Crippen MR) is 179 cm³/mol. The summed E-state index contributed by atoms with van der Waals surface area (Å²) in [7, 11) is -0.711. The molecule has 48 heavy (non-hydrogen) atoms. The van der Waals surface area contributed by atoms with Gasteiger partial charge in [0.2, 0.25) is 0 Å². The third-order valence-electron chi connectivity index (χ3n) is 8.33. The number of aryl methyl sites for hydroxylation is 3. The number of fused-ring (bicyclic) bond motifs is 1. The van der Waals surface area contributed by atoms with Crippen LogP contribution in [0.5, 0.6) is 5.75 Å². The van der Waals surface area contributed by atoms with Gasteiger partial charge in [0.25, 0.3) is 15.9 Å². The van der Waals surface area contributed by atoms with Crippen molar-refractivity contribution < 1.29 is 37.1 Å². The van der Waals surface area contributed by atoms with E-state index in [0.29, 0.717) is 35.9 Å². The number of nitrogens with zero attached hydrogens (tertiary/aromatic N) is 5. The average molecular weight is 690 g/mol. The summed E-state index contributed by atoms with van der Waals surface area (Å²) >= 11 is 0. The van der Waals surface area contributed by atoms with Gasteiger partial charge in [-0.25, -0.2) is 9.78 Å². The van der Waals surface area contributed by atoms with E-state index in [0.717, 1.165) is 12.8 Å². The number of ether oxygens (including phenoxy) is 2. The van der Waals surface area contributed by atoms with Crippen molar-refractivity contribution >= 4 is 33.3 Å². The van der Waals surface area contributed by atoms with Gasteiger partial charge >= 0.3 is 6.03 Å². The number of aliphatic hydroxyl groups excluding tert-OH is 1. The molecule has 0 radical (unpaired) electrons. The highest BCUT2D eigenvalue weighted by Crippen LogP contribution is 2.29. The number of hydrogen-bond donors (Lipinski definition) is 3. The number of likely N-dealkylation sites (N-methyl/N-ethyl adjacent to an activating group) is 1. The smallest absolute Gasteiger partial charge is 0.321 e. The predicted octanol–water partition coefficient (Wildman–Crippen LogP) is 3.79. The molecule has 2 aromatic heterocycles. The van der Waals surface area contributed by atoms with E-state index in [1.807, 2.05) is 13.8 Å². The van der Waals surface area contributed by atoms with E-state index in [9.17, 15) is 23.1 Å². The average Bonchev–Trinajstić information content (AvgIpc) is 3.63. The fraction of sp³-hybridized carbons (Fsp3) is 0.562. The second-order valence-electron chi connectivity index (χ2n) is 12.5. The summed E-state index contributed by atoms with van der Waals surface area (Å²) in [6.07, 6.45) is 4.27. The van der Waals surface area contributed by atoms with Crippen LogP contribution in [0.25, 0.3) is 0 Å². The Labute approximate surface area is 281 Å². The number of carbonyl (C=O) groups excluding carboxylic acids is 2. The quantitative estimate of drug-likeness (QED) is 0.315. The lowest BCUT2D eigenvalue weighted by Crippen LogP contribution is -2.48. The Morgan fingerprint density at radius 2 is 1.98 bits per heavy atom. The number of nitrogens with one attached hydrogen (secondary N) is 2. The summed E-state index contributed by atoms with van der Waals surface area (Å²) in [6.45, 7) is 9.54. The number of anilines is 2. The number of sulfonamides is 1. The van der Waals surface area contributed by atoms with Gasteiger partial charge in [-0.2, -0.15) is 8.42 Å². The molecule has 3 amide bonds. The number of carbonyl (C=O) groups is 2. The Kier molecular flexibility index (Phi) is 12.1. The van der Waals surface area contributed by atoms with Gasteiger partial charge < -0.3 is 38.8 Å². The molecule has 0 aliphatic carbocycles. The van der Waals surface area contributed by atoms with Gasteiger partial charge in [0.1, 0.15) is 17.1 Å². The molecule has 0 spiro atoms. The van der Waals surface area contributed by atoms with Gasteiger partial charge in [-0.3, -0.25) is 9.52 Å². The molecule has 3 aromatic rings. The SMILES string of the molecule is Cc1noc(C)c1NC(=O)N(C)C[C@H]1OCCCC[C@H](C)Oc2ccc(NS(=O)(=O)c3cn(C)cn3)cc2C(=O)N([C@@H](C)CO)C[C@H]1C. The molecule has 0 fully saturated rings. The van der Waals surface area contributed by atoms with Crippen molar-refractivity contribution in [2.24, 2.45) is 13.0 Å². The van der Waals surface area contributed by atoms with Crippen molar-refractivity contribution in [2.45, 2.75) is 77.2 Å². The molecule has 4 atom stereocenters. The van der Waals surface area contributed by atoms with Crippen LogP contribution in [0.3, 0.4) is 0 Å². The highest BCUT2D eigenvalue weighted by molar-refractivity contribution is 7.92. The fourth-order valence-electron chi connectivity index (χ4n) is 5.40. The van der Waals surface area contributed by atoms with Crippen LogP contribution in [-0.2, 0) is 21.8 Å². The van der Waals surface area contributed by atoms with Gasteiger partial charge in [0.15, 0.2) is 10.8 Å². The minimum atomic E-state index is -4.04. The maximum absolute atomic E-state index is 14.3. The van der Waals surface area contributed by atoms with Crippen molar-refractivity contribution in [3.63, 3.8) is 0 Å². The van der Waals surface area contributed by atoms with Crippen molar-refractivity contribution in [1.82, 2.24) is 24.5 Å². The van der Waals surface area contributed by atoms with E-state index in [2.05, 4.69) is 20.2 Å². The monoisotopic (exact) mass is 689 g/mol. The zero-order valence-corrected chi connectivity index (χ0v) is 29.4. The topological polar surface area (TPSA) is 181 Å². The molecule has 0 saturated heterocycles. The first kappa shape index (κ1) is 36.7. The Balaban J connectivity index is 1.63.